The van der Waals surface area contributed by atoms with Crippen LogP contribution in [0.4, 0.5) is 0 Å². The van der Waals surface area contributed by atoms with Crippen LogP contribution in [0.5, 0.6) is 0 Å². The minimum Gasteiger partial charge on any atom is -0.315 e. The molecule has 234 valence electrons. The summed E-state index contributed by atoms with van der Waals surface area (Å²) in [6.07, 6.45) is 15.4. The van der Waals surface area contributed by atoms with Crippen molar-refractivity contribution in [2.75, 3.05) is 33.2 Å². The summed E-state index contributed by atoms with van der Waals surface area (Å²) >= 11 is 0. The number of fused-ring (bicyclic) bond motifs is 3. The molecule has 4 heteroatoms. The number of hydrogen-bond acceptors (Lipinski definition) is 4. The van der Waals surface area contributed by atoms with E-state index in [1.807, 2.05) is 27.0 Å². The average Bonchev–Trinajstić information content (AvgIpc) is 3.30. The maximum atomic E-state index is 4.84. The van der Waals surface area contributed by atoms with E-state index in [0.29, 0.717) is 10.8 Å². The molecule has 0 radical (unpaired) electrons. The molecule has 0 aromatic carbocycles. The van der Waals surface area contributed by atoms with E-state index in [1.54, 1.807) is 5.57 Å². The van der Waals surface area contributed by atoms with Crippen molar-refractivity contribution in [3.63, 3.8) is 0 Å². The number of allylic oxidation sites excluding steroid dienone is 3. The zero-order chi connectivity index (χ0) is 30.8. The van der Waals surface area contributed by atoms with E-state index in [9.17, 15) is 0 Å². The van der Waals surface area contributed by atoms with Crippen molar-refractivity contribution in [2.45, 2.75) is 114 Å². The van der Waals surface area contributed by atoms with E-state index in [2.05, 4.69) is 90.4 Å². The lowest BCUT2D eigenvalue weighted by Crippen LogP contribution is -2.50. The van der Waals surface area contributed by atoms with E-state index in [0.717, 1.165) is 55.8 Å². The Morgan fingerprint density at radius 2 is 1.73 bits per heavy atom. The molecule has 6 atom stereocenters. The largest absolute Gasteiger partial charge is 0.315 e. The molecule has 0 aliphatic heterocycles. The van der Waals surface area contributed by atoms with Gasteiger partial charge < -0.3 is 5.32 Å². The van der Waals surface area contributed by atoms with Crippen LogP contribution < -0.4 is 16.2 Å². The number of nitrogens with zero attached hydrogens (tertiary/aromatic N) is 1. The predicted octanol–water partition coefficient (Wildman–Crippen LogP) is 9.02. The molecule has 40 heavy (non-hydrogen) atoms. The maximum absolute atomic E-state index is 4.84. The first-order valence-electron chi connectivity index (χ1n) is 16.6. The zero-order valence-corrected chi connectivity index (χ0v) is 28.6. The molecule has 0 spiro atoms. The van der Waals surface area contributed by atoms with Crippen molar-refractivity contribution in [3.8, 4) is 0 Å². The highest BCUT2D eigenvalue weighted by molar-refractivity contribution is 5.85. The van der Waals surface area contributed by atoms with Gasteiger partial charge in [-0.15, -0.1) is 13.2 Å². The lowest BCUT2D eigenvalue weighted by molar-refractivity contribution is -0.0408. The molecule has 3 N–H and O–H groups in total. The van der Waals surface area contributed by atoms with E-state index in [4.69, 9.17) is 4.99 Å². The first-order valence-corrected chi connectivity index (χ1v) is 16.6. The first-order chi connectivity index (χ1) is 19.2. The minimum atomic E-state index is 0.401. The SMILES string of the molecule is C=C.C=C/C=C1/CCC2C(CCC3(C)C(C(C)=NCC)CCC23)C1(C)CCC.CC.CNNCCNCC(C)C. The van der Waals surface area contributed by atoms with Crippen LogP contribution >= 0.6 is 0 Å². The molecule has 0 bridgehead atoms. The standard InChI is InChI=1S/C25H41N.C7H19N3.C2H6.C2H4/c1-7-10-19-11-12-20-22-14-13-21(18(4)26-9-3)25(22,6)17-15-23(20)24(19,5)16-8-2;1-7(2)6-9-4-5-10-8-3;2*1-2/h7,10,20-23H,1,8-9,11-17H2,2-6H3;7-10H,4-6H2,1-3H3;1-2H3;1-2H2/b19-10-,26-18?;;;. The molecule has 3 fully saturated rings. The molecule has 0 heterocycles. The van der Waals surface area contributed by atoms with Crippen molar-refractivity contribution in [3.05, 3.63) is 37.5 Å². The highest BCUT2D eigenvalue weighted by Gasteiger charge is 2.58. The van der Waals surface area contributed by atoms with Crippen LogP contribution in [0.3, 0.4) is 0 Å². The van der Waals surface area contributed by atoms with Crippen LogP contribution in [0.2, 0.25) is 0 Å². The first kappa shape index (κ1) is 38.8. The van der Waals surface area contributed by atoms with Gasteiger partial charge in [0.05, 0.1) is 0 Å². The van der Waals surface area contributed by atoms with Crippen LogP contribution in [0.15, 0.2) is 42.5 Å². The molecular formula is C36H70N4. The lowest BCUT2D eigenvalue weighted by atomic mass is 9.47. The Kier molecular flexibility index (Phi) is 20.0. The Bertz CT molecular complexity index is 741. The monoisotopic (exact) mass is 559 g/mol. The van der Waals surface area contributed by atoms with Crippen molar-refractivity contribution >= 4 is 5.71 Å². The fourth-order valence-electron chi connectivity index (χ4n) is 8.32. The van der Waals surface area contributed by atoms with Crippen LogP contribution in [-0.2, 0) is 0 Å². The quantitative estimate of drug-likeness (QED) is 0.103. The topological polar surface area (TPSA) is 48.5 Å². The zero-order valence-electron chi connectivity index (χ0n) is 28.6. The summed E-state index contributed by atoms with van der Waals surface area (Å²) in [7, 11) is 1.88. The third-order valence-corrected chi connectivity index (χ3v) is 9.89. The van der Waals surface area contributed by atoms with Crippen molar-refractivity contribution in [1.29, 1.82) is 0 Å². The van der Waals surface area contributed by atoms with Gasteiger partial charge >= 0.3 is 0 Å². The van der Waals surface area contributed by atoms with Crippen molar-refractivity contribution in [2.24, 2.45) is 45.4 Å². The molecule has 3 aliphatic rings. The fourth-order valence-corrected chi connectivity index (χ4v) is 8.32. The molecule has 6 unspecified atom stereocenters. The Balaban J connectivity index is 0.000000918. The Morgan fingerprint density at radius 3 is 2.27 bits per heavy atom. The second-order valence-electron chi connectivity index (χ2n) is 12.6. The van der Waals surface area contributed by atoms with E-state index in [-0.39, 0.29) is 0 Å². The Labute approximate surface area is 251 Å². The summed E-state index contributed by atoms with van der Waals surface area (Å²) in [6.45, 7) is 34.5. The van der Waals surface area contributed by atoms with Gasteiger partial charge in [-0.1, -0.05) is 79.2 Å². The predicted molar refractivity (Wildman–Crippen MR) is 182 cm³/mol. The fraction of sp³-hybridized carbons (Fsp3) is 0.806. The minimum absolute atomic E-state index is 0.401. The summed E-state index contributed by atoms with van der Waals surface area (Å²) in [5.41, 5.74) is 9.90. The van der Waals surface area contributed by atoms with E-state index >= 15 is 0 Å². The van der Waals surface area contributed by atoms with Gasteiger partial charge in [0.2, 0.25) is 0 Å². The molecule has 3 aliphatic carbocycles. The number of hydrogen-bond donors (Lipinski definition) is 3. The van der Waals surface area contributed by atoms with E-state index in [1.165, 1.54) is 57.1 Å². The van der Waals surface area contributed by atoms with Gasteiger partial charge in [-0.2, -0.15) is 0 Å². The van der Waals surface area contributed by atoms with Gasteiger partial charge in [0.25, 0.3) is 0 Å². The average molecular weight is 559 g/mol. The van der Waals surface area contributed by atoms with Gasteiger partial charge in [0.15, 0.2) is 0 Å². The van der Waals surface area contributed by atoms with Crippen LogP contribution in [0, 0.1) is 40.4 Å². The normalized spacial score (nSPS) is 32.0. The van der Waals surface area contributed by atoms with Gasteiger partial charge in [-0.25, -0.2) is 0 Å². The maximum Gasteiger partial charge on any atom is 0.0360 e. The van der Waals surface area contributed by atoms with Gasteiger partial charge in [-0.3, -0.25) is 15.8 Å². The third kappa shape index (κ3) is 10.2. The summed E-state index contributed by atoms with van der Waals surface area (Å²) in [6, 6.07) is 0. The highest BCUT2D eigenvalue weighted by atomic mass is 15.3. The van der Waals surface area contributed by atoms with Gasteiger partial charge in [0.1, 0.15) is 0 Å². The van der Waals surface area contributed by atoms with E-state index < -0.39 is 0 Å². The second kappa shape index (κ2) is 20.6. The lowest BCUT2D eigenvalue weighted by Gasteiger charge is -2.57. The molecule has 0 amide bonds. The van der Waals surface area contributed by atoms with Gasteiger partial charge in [-0.05, 0) is 107 Å². The Hall–Kier alpha value is -1.23. The highest BCUT2D eigenvalue weighted by Crippen LogP contribution is 2.66. The van der Waals surface area contributed by atoms with Crippen LogP contribution in [-0.4, -0.2) is 38.9 Å². The third-order valence-electron chi connectivity index (χ3n) is 9.89. The van der Waals surface area contributed by atoms with Crippen LogP contribution in [0.25, 0.3) is 0 Å². The van der Waals surface area contributed by atoms with Crippen molar-refractivity contribution < 1.29 is 0 Å². The number of rotatable bonds is 11. The molecule has 0 aromatic rings. The summed E-state index contributed by atoms with van der Waals surface area (Å²) < 4.78 is 0. The Morgan fingerprint density at radius 1 is 1.05 bits per heavy atom. The number of nitrogens with one attached hydrogen (secondary N) is 3. The molecule has 3 rings (SSSR count). The molecule has 0 saturated heterocycles. The molecular weight excluding hydrogens is 488 g/mol. The smallest absolute Gasteiger partial charge is 0.0360 e. The molecule has 0 aromatic heterocycles. The van der Waals surface area contributed by atoms with Crippen LogP contribution in [0.1, 0.15) is 114 Å². The van der Waals surface area contributed by atoms with Gasteiger partial charge in [0, 0.05) is 31.3 Å². The summed E-state index contributed by atoms with van der Waals surface area (Å²) in [5.74, 6) is 4.19. The number of aliphatic imine (C=N–C) groups is 1. The summed E-state index contributed by atoms with van der Waals surface area (Å²) in [4.78, 5) is 4.84. The summed E-state index contributed by atoms with van der Waals surface area (Å²) in [5, 5.41) is 3.32. The number of hydrazine groups is 1. The van der Waals surface area contributed by atoms with Crippen molar-refractivity contribution in [1.82, 2.24) is 16.2 Å². The molecule has 4 nitrogen and oxygen atoms in total. The molecule has 3 saturated carbocycles. The second-order valence-corrected chi connectivity index (χ2v) is 12.6.